The van der Waals surface area contributed by atoms with Crippen LogP contribution in [0.5, 0.6) is 0 Å². The van der Waals surface area contributed by atoms with Crippen molar-refractivity contribution in [3.8, 4) is 28.5 Å². The summed E-state index contributed by atoms with van der Waals surface area (Å²) in [6, 6.07) is 11.3. The van der Waals surface area contributed by atoms with Gasteiger partial charge in [0.05, 0.1) is 11.9 Å². The first-order valence-corrected chi connectivity index (χ1v) is 10.4. The van der Waals surface area contributed by atoms with E-state index >= 15 is 0 Å². The summed E-state index contributed by atoms with van der Waals surface area (Å²) in [5.74, 6) is 1.21. The number of rotatable bonds is 5. The Labute approximate surface area is 196 Å². The molecule has 35 heavy (non-hydrogen) atoms. The van der Waals surface area contributed by atoms with Crippen molar-refractivity contribution in [3.05, 3.63) is 79.8 Å². The lowest BCUT2D eigenvalue weighted by molar-refractivity contribution is -0.122. The Morgan fingerprint density at radius 1 is 1.00 bits per heavy atom. The van der Waals surface area contributed by atoms with E-state index < -0.39 is 18.8 Å². The SMILES string of the molecule is O=C(NCC(F)(F)F)Nc1cccc(-c2cnc3cc(-c4nccc(-n5ccnc5)n4)ccn23)c1. The van der Waals surface area contributed by atoms with Crippen molar-refractivity contribution in [1.82, 2.24) is 34.2 Å². The highest BCUT2D eigenvalue weighted by Crippen LogP contribution is 2.26. The van der Waals surface area contributed by atoms with E-state index in [0.29, 0.717) is 23.0 Å². The van der Waals surface area contributed by atoms with E-state index in [-0.39, 0.29) is 0 Å². The van der Waals surface area contributed by atoms with Gasteiger partial charge in [0.15, 0.2) is 5.82 Å². The largest absolute Gasteiger partial charge is 0.405 e. The van der Waals surface area contributed by atoms with Gasteiger partial charge in [0.1, 0.15) is 24.3 Å². The molecule has 0 unspecified atom stereocenters. The first kappa shape index (κ1) is 22.1. The molecule has 0 aliphatic heterocycles. The number of hydrogen-bond donors (Lipinski definition) is 2. The zero-order valence-electron chi connectivity index (χ0n) is 17.9. The van der Waals surface area contributed by atoms with Crippen LogP contribution in [-0.4, -0.2) is 47.7 Å². The molecule has 0 saturated carbocycles. The van der Waals surface area contributed by atoms with Gasteiger partial charge in [-0.05, 0) is 30.3 Å². The first-order chi connectivity index (χ1) is 16.9. The fourth-order valence-electron chi connectivity index (χ4n) is 3.47. The van der Waals surface area contributed by atoms with E-state index in [1.165, 1.54) is 0 Å². The molecule has 0 spiro atoms. The minimum atomic E-state index is -4.49. The Kier molecular flexibility index (Phi) is 5.61. The van der Waals surface area contributed by atoms with Crippen LogP contribution in [0, 0.1) is 0 Å². The second-order valence-electron chi connectivity index (χ2n) is 7.50. The van der Waals surface area contributed by atoms with Crippen LogP contribution in [0.2, 0.25) is 0 Å². The number of carbonyl (C=O) groups is 1. The van der Waals surface area contributed by atoms with Gasteiger partial charge in [-0.25, -0.2) is 24.7 Å². The molecule has 5 rings (SSSR count). The molecular formula is C23H17F3N8O. The summed E-state index contributed by atoms with van der Waals surface area (Å²) in [7, 11) is 0. The van der Waals surface area contributed by atoms with Crippen LogP contribution in [0.3, 0.4) is 0 Å². The molecule has 2 amide bonds. The average molecular weight is 478 g/mol. The molecule has 0 aliphatic rings. The van der Waals surface area contributed by atoms with Crippen molar-refractivity contribution in [2.45, 2.75) is 6.18 Å². The molecule has 5 aromatic rings. The highest BCUT2D eigenvalue weighted by atomic mass is 19.4. The molecule has 0 saturated heterocycles. The number of fused-ring (bicyclic) bond motifs is 1. The summed E-state index contributed by atoms with van der Waals surface area (Å²) in [6.07, 6.45) is 5.79. The lowest BCUT2D eigenvalue weighted by Gasteiger charge is -2.11. The molecule has 0 aliphatic carbocycles. The van der Waals surface area contributed by atoms with E-state index in [4.69, 9.17) is 0 Å². The molecule has 0 bridgehead atoms. The van der Waals surface area contributed by atoms with Crippen molar-refractivity contribution in [2.75, 3.05) is 11.9 Å². The summed E-state index contributed by atoms with van der Waals surface area (Å²) >= 11 is 0. The van der Waals surface area contributed by atoms with Crippen LogP contribution in [0.1, 0.15) is 0 Å². The maximum absolute atomic E-state index is 12.3. The maximum Gasteiger partial charge on any atom is 0.405 e. The predicted molar refractivity (Wildman–Crippen MR) is 122 cm³/mol. The van der Waals surface area contributed by atoms with E-state index in [2.05, 4.69) is 25.3 Å². The van der Waals surface area contributed by atoms with Crippen molar-refractivity contribution in [2.24, 2.45) is 0 Å². The number of nitrogens with one attached hydrogen (secondary N) is 2. The Morgan fingerprint density at radius 3 is 2.69 bits per heavy atom. The summed E-state index contributed by atoms with van der Waals surface area (Å²) in [5, 5.41) is 4.19. The number of pyridine rings is 1. The molecule has 12 heteroatoms. The number of halogens is 3. The van der Waals surface area contributed by atoms with Crippen molar-refractivity contribution < 1.29 is 18.0 Å². The average Bonchev–Trinajstić information content (AvgIpc) is 3.53. The Morgan fingerprint density at radius 2 is 1.89 bits per heavy atom. The molecular weight excluding hydrogens is 461 g/mol. The second kappa shape index (κ2) is 8.89. The van der Waals surface area contributed by atoms with E-state index in [1.54, 1.807) is 65.3 Å². The Bertz CT molecular complexity index is 1490. The van der Waals surface area contributed by atoms with Gasteiger partial charge in [-0.1, -0.05) is 12.1 Å². The van der Waals surface area contributed by atoms with E-state index in [1.807, 2.05) is 28.8 Å². The number of hydrogen-bond acceptors (Lipinski definition) is 5. The number of nitrogens with zero attached hydrogens (tertiary/aromatic N) is 6. The first-order valence-electron chi connectivity index (χ1n) is 10.4. The molecule has 2 N–H and O–H groups in total. The summed E-state index contributed by atoms with van der Waals surface area (Å²) in [5.41, 5.74) is 3.22. The highest BCUT2D eigenvalue weighted by molar-refractivity contribution is 5.90. The van der Waals surface area contributed by atoms with Crippen LogP contribution in [-0.2, 0) is 0 Å². The van der Waals surface area contributed by atoms with Crippen molar-refractivity contribution >= 4 is 17.4 Å². The summed E-state index contributed by atoms with van der Waals surface area (Å²) in [6.45, 7) is -1.41. The number of alkyl halides is 3. The maximum atomic E-state index is 12.3. The number of amides is 2. The second-order valence-corrected chi connectivity index (χ2v) is 7.50. The molecule has 0 radical (unpaired) electrons. The fraction of sp³-hybridized carbons (Fsp3) is 0.0870. The molecule has 0 atom stereocenters. The van der Waals surface area contributed by atoms with Crippen LogP contribution < -0.4 is 10.6 Å². The number of aromatic nitrogens is 6. The third-order valence-corrected chi connectivity index (χ3v) is 5.05. The fourth-order valence-corrected chi connectivity index (χ4v) is 3.47. The van der Waals surface area contributed by atoms with Crippen LogP contribution in [0.15, 0.2) is 79.8 Å². The third-order valence-electron chi connectivity index (χ3n) is 5.05. The Hall–Kier alpha value is -4.74. The van der Waals surface area contributed by atoms with Gasteiger partial charge < -0.3 is 10.6 Å². The van der Waals surface area contributed by atoms with Crippen LogP contribution in [0.4, 0.5) is 23.7 Å². The van der Waals surface area contributed by atoms with E-state index in [0.717, 1.165) is 16.8 Å². The van der Waals surface area contributed by atoms with Gasteiger partial charge in [0.2, 0.25) is 0 Å². The van der Waals surface area contributed by atoms with Gasteiger partial charge in [-0.15, -0.1) is 0 Å². The van der Waals surface area contributed by atoms with Gasteiger partial charge >= 0.3 is 12.2 Å². The molecule has 4 heterocycles. The minimum Gasteiger partial charge on any atom is -0.329 e. The molecule has 0 fully saturated rings. The lowest BCUT2D eigenvalue weighted by Crippen LogP contribution is -2.36. The highest BCUT2D eigenvalue weighted by Gasteiger charge is 2.27. The smallest absolute Gasteiger partial charge is 0.329 e. The van der Waals surface area contributed by atoms with Crippen LogP contribution in [0.25, 0.3) is 34.1 Å². The monoisotopic (exact) mass is 478 g/mol. The third kappa shape index (κ3) is 4.95. The minimum absolute atomic E-state index is 0.346. The lowest BCUT2D eigenvalue weighted by atomic mass is 10.1. The van der Waals surface area contributed by atoms with Crippen molar-refractivity contribution in [3.63, 3.8) is 0 Å². The molecule has 176 valence electrons. The predicted octanol–water partition coefficient (Wildman–Crippen LogP) is 4.33. The summed E-state index contributed by atoms with van der Waals surface area (Å²) < 4.78 is 40.6. The van der Waals surface area contributed by atoms with Gasteiger partial charge in [0, 0.05) is 41.6 Å². The molecule has 4 aromatic heterocycles. The van der Waals surface area contributed by atoms with Crippen LogP contribution >= 0.6 is 0 Å². The topological polar surface area (TPSA) is 102 Å². The van der Waals surface area contributed by atoms with Crippen molar-refractivity contribution in [1.29, 1.82) is 0 Å². The zero-order chi connectivity index (χ0) is 24.4. The number of benzene rings is 1. The Balaban J connectivity index is 1.39. The number of urea groups is 1. The number of carbonyl (C=O) groups excluding carboxylic acids is 1. The van der Waals surface area contributed by atoms with Gasteiger partial charge in [-0.2, -0.15) is 13.2 Å². The number of imidazole rings is 2. The standard InChI is InChI=1S/C23H17F3N8O/c24-23(25,26)13-30-22(35)31-17-3-1-2-15(10-17)18-12-29-20-11-16(5-8-34(18)20)21-28-6-4-19(32-21)33-9-7-27-14-33/h1-12,14H,13H2,(H2,30,31,35). The zero-order valence-corrected chi connectivity index (χ0v) is 17.9. The molecule has 9 nitrogen and oxygen atoms in total. The quantitative estimate of drug-likeness (QED) is 0.392. The number of anilines is 1. The normalized spacial score (nSPS) is 11.5. The van der Waals surface area contributed by atoms with Gasteiger partial charge in [-0.3, -0.25) is 8.97 Å². The van der Waals surface area contributed by atoms with E-state index in [9.17, 15) is 18.0 Å². The van der Waals surface area contributed by atoms with Gasteiger partial charge in [0.25, 0.3) is 0 Å². The summed E-state index contributed by atoms with van der Waals surface area (Å²) in [4.78, 5) is 29.2. The molecule has 1 aromatic carbocycles.